The van der Waals surface area contributed by atoms with Crippen LogP contribution in [0.5, 0.6) is 0 Å². The Morgan fingerprint density at radius 3 is 2.74 bits per heavy atom. The van der Waals surface area contributed by atoms with Crippen molar-refractivity contribution < 1.29 is 9.53 Å². The summed E-state index contributed by atoms with van der Waals surface area (Å²) in [5, 5.41) is 3.36. The first-order valence-corrected chi connectivity index (χ1v) is 7.00. The molecule has 0 aliphatic rings. The average molecular weight is 276 g/mol. The van der Waals surface area contributed by atoms with Gasteiger partial charge in [-0.05, 0) is 38.1 Å². The van der Waals surface area contributed by atoms with E-state index in [-0.39, 0.29) is 12.0 Å². The molecule has 0 bridgehead atoms. The third kappa shape index (κ3) is 3.54. The summed E-state index contributed by atoms with van der Waals surface area (Å²) >= 11 is 1.62. The van der Waals surface area contributed by atoms with Crippen LogP contribution in [0.2, 0.25) is 0 Å². The number of nitrogens with one attached hydrogen (secondary N) is 1. The van der Waals surface area contributed by atoms with Crippen molar-refractivity contribution in [2.75, 3.05) is 11.9 Å². The minimum absolute atomic E-state index is 0.195. The van der Waals surface area contributed by atoms with Crippen molar-refractivity contribution in [2.45, 2.75) is 19.9 Å². The van der Waals surface area contributed by atoms with Gasteiger partial charge in [0.25, 0.3) is 0 Å². The van der Waals surface area contributed by atoms with Crippen LogP contribution in [0.15, 0.2) is 36.0 Å². The number of rotatable bonds is 5. The highest BCUT2D eigenvalue weighted by molar-refractivity contribution is 7.09. The fraction of sp³-hybridized carbons (Fsp3) is 0.286. The normalized spacial score (nSPS) is 11.9. The molecule has 2 rings (SSSR count). The summed E-state index contributed by atoms with van der Waals surface area (Å²) in [5.74, 6) is -0.287. The van der Waals surface area contributed by atoms with Crippen LogP contribution in [0.25, 0.3) is 0 Å². The Bertz CT molecular complexity index is 523. The van der Waals surface area contributed by atoms with Crippen molar-refractivity contribution >= 4 is 23.0 Å². The zero-order chi connectivity index (χ0) is 13.7. The van der Waals surface area contributed by atoms with E-state index in [1.54, 1.807) is 30.4 Å². The quantitative estimate of drug-likeness (QED) is 0.849. The molecular weight excluding hydrogens is 260 g/mol. The third-order valence-electron chi connectivity index (χ3n) is 2.66. The third-order valence-corrected chi connectivity index (χ3v) is 3.62. The van der Waals surface area contributed by atoms with Gasteiger partial charge in [-0.2, -0.15) is 0 Å². The van der Waals surface area contributed by atoms with Crippen molar-refractivity contribution in [3.05, 3.63) is 46.4 Å². The predicted molar refractivity (Wildman–Crippen MR) is 76.6 cm³/mol. The number of carbonyl (C=O) groups is 1. The standard InChI is InChI=1S/C14H16N2O2S/c1-3-18-14(17)11-4-6-12(7-5-11)16-10(2)13-8-15-9-19-13/h4-10,16H,3H2,1-2H3. The second kappa shape index (κ2) is 6.33. The summed E-state index contributed by atoms with van der Waals surface area (Å²) in [4.78, 5) is 16.8. The van der Waals surface area contributed by atoms with Crippen molar-refractivity contribution in [2.24, 2.45) is 0 Å². The molecule has 19 heavy (non-hydrogen) atoms. The molecule has 2 aromatic rings. The van der Waals surface area contributed by atoms with E-state index in [4.69, 9.17) is 4.74 Å². The average Bonchev–Trinajstić information content (AvgIpc) is 2.94. The summed E-state index contributed by atoms with van der Waals surface area (Å²) < 4.78 is 4.94. The number of hydrogen-bond donors (Lipinski definition) is 1. The lowest BCUT2D eigenvalue weighted by Crippen LogP contribution is -2.07. The van der Waals surface area contributed by atoms with Crippen LogP contribution >= 0.6 is 11.3 Å². The number of nitrogens with zero attached hydrogens (tertiary/aromatic N) is 1. The summed E-state index contributed by atoms with van der Waals surface area (Å²) in [7, 11) is 0. The number of carbonyl (C=O) groups excluding carboxylic acids is 1. The van der Waals surface area contributed by atoms with Crippen LogP contribution in [-0.2, 0) is 4.74 Å². The number of ether oxygens (including phenoxy) is 1. The van der Waals surface area contributed by atoms with Gasteiger partial charge in [0.05, 0.1) is 23.7 Å². The highest BCUT2D eigenvalue weighted by Crippen LogP contribution is 2.22. The van der Waals surface area contributed by atoms with Gasteiger partial charge < -0.3 is 10.1 Å². The minimum atomic E-state index is -0.287. The molecule has 1 heterocycles. The van der Waals surface area contributed by atoms with Crippen LogP contribution in [0.4, 0.5) is 5.69 Å². The molecule has 1 atom stereocenters. The molecule has 0 fully saturated rings. The maximum Gasteiger partial charge on any atom is 0.338 e. The van der Waals surface area contributed by atoms with Crippen molar-refractivity contribution in [1.82, 2.24) is 4.98 Å². The summed E-state index contributed by atoms with van der Waals surface area (Å²) in [6.07, 6.45) is 1.86. The molecule has 1 aromatic carbocycles. The fourth-order valence-corrected chi connectivity index (χ4v) is 2.31. The van der Waals surface area contributed by atoms with Crippen molar-refractivity contribution in [1.29, 1.82) is 0 Å². The van der Waals surface area contributed by atoms with Gasteiger partial charge in [0.1, 0.15) is 0 Å². The number of esters is 1. The lowest BCUT2D eigenvalue weighted by molar-refractivity contribution is 0.0526. The van der Waals surface area contributed by atoms with Crippen LogP contribution in [0.3, 0.4) is 0 Å². The monoisotopic (exact) mass is 276 g/mol. The van der Waals surface area contributed by atoms with Gasteiger partial charge in [-0.15, -0.1) is 11.3 Å². The molecule has 0 amide bonds. The first kappa shape index (κ1) is 13.5. The molecule has 0 aliphatic heterocycles. The second-order valence-electron chi connectivity index (χ2n) is 4.07. The Balaban J connectivity index is 2.01. The van der Waals surface area contributed by atoms with Crippen LogP contribution in [-0.4, -0.2) is 17.6 Å². The number of aromatic nitrogens is 1. The van der Waals surface area contributed by atoms with Gasteiger partial charge in [0.15, 0.2) is 0 Å². The molecule has 0 saturated heterocycles. The number of benzene rings is 1. The second-order valence-corrected chi connectivity index (χ2v) is 4.99. The highest BCUT2D eigenvalue weighted by atomic mass is 32.1. The zero-order valence-electron chi connectivity index (χ0n) is 10.9. The minimum Gasteiger partial charge on any atom is -0.462 e. The number of thiazole rings is 1. The van der Waals surface area contributed by atoms with Crippen LogP contribution < -0.4 is 5.32 Å². The maximum atomic E-state index is 11.5. The molecule has 4 nitrogen and oxygen atoms in total. The molecule has 5 heteroatoms. The lowest BCUT2D eigenvalue weighted by Gasteiger charge is -2.13. The van der Waals surface area contributed by atoms with E-state index in [9.17, 15) is 4.79 Å². The van der Waals surface area contributed by atoms with Gasteiger partial charge in [0, 0.05) is 16.8 Å². The largest absolute Gasteiger partial charge is 0.462 e. The van der Waals surface area contributed by atoms with Gasteiger partial charge in [0.2, 0.25) is 0 Å². The van der Waals surface area contributed by atoms with E-state index in [0.29, 0.717) is 12.2 Å². The topological polar surface area (TPSA) is 51.2 Å². The molecule has 1 N–H and O–H groups in total. The zero-order valence-corrected chi connectivity index (χ0v) is 11.7. The SMILES string of the molecule is CCOC(=O)c1ccc(NC(C)c2cncs2)cc1. The molecule has 1 unspecified atom stereocenters. The Morgan fingerprint density at radius 2 is 2.16 bits per heavy atom. The smallest absolute Gasteiger partial charge is 0.338 e. The van der Waals surface area contributed by atoms with Gasteiger partial charge >= 0.3 is 5.97 Å². The predicted octanol–water partition coefficient (Wildman–Crippen LogP) is 3.49. The molecule has 1 aromatic heterocycles. The Kier molecular flexibility index (Phi) is 4.52. The van der Waals surface area contributed by atoms with E-state index < -0.39 is 0 Å². The fourth-order valence-electron chi connectivity index (χ4n) is 1.68. The number of anilines is 1. The van der Waals surface area contributed by atoms with Crippen molar-refractivity contribution in [3.8, 4) is 0 Å². The Hall–Kier alpha value is -1.88. The molecular formula is C14H16N2O2S. The molecule has 0 aliphatic carbocycles. The lowest BCUT2D eigenvalue weighted by atomic mass is 10.2. The van der Waals surface area contributed by atoms with E-state index in [1.807, 2.05) is 23.8 Å². The van der Waals surface area contributed by atoms with E-state index >= 15 is 0 Å². The molecule has 0 spiro atoms. The number of hydrogen-bond acceptors (Lipinski definition) is 5. The van der Waals surface area contributed by atoms with Gasteiger partial charge in [-0.25, -0.2) is 4.79 Å². The van der Waals surface area contributed by atoms with Gasteiger partial charge in [-0.1, -0.05) is 0 Å². The van der Waals surface area contributed by atoms with E-state index in [1.165, 1.54) is 4.88 Å². The van der Waals surface area contributed by atoms with Crippen LogP contribution in [0, 0.1) is 0 Å². The first-order valence-electron chi connectivity index (χ1n) is 6.12. The maximum absolute atomic E-state index is 11.5. The summed E-state index contributed by atoms with van der Waals surface area (Å²) in [6, 6.07) is 7.48. The molecule has 0 radical (unpaired) electrons. The van der Waals surface area contributed by atoms with Gasteiger partial charge in [-0.3, -0.25) is 4.98 Å². The summed E-state index contributed by atoms with van der Waals surface area (Å²) in [6.45, 7) is 4.26. The highest BCUT2D eigenvalue weighted by Gasteiger charge is 2.08. The van der Waals surface area contributed by atoms with Crippen LogP contribution in [0.1, 0.15) is 35.1 Å². The molecule has 100 valence electrons. The Labute approximate surface area is 116 Å². The Morgan fingerprint density at radius 1 is 1.42 bits per heavy atom. The molecule has 0 saturated carbocycles. The van der Waals surface area contributed by atoms with Crippen molar-refractivity contribution in [3.63, 3.8) is 0 Å². The first-order chi connectivity index (χ1) is 9.20. The summed E-state index contributed by atoms with van der Waals surface area (Å²) in [5.41, 5.74) is 3.35. The van der Waals surface area contributed by atoms with E-state index in [0.717, 1.165) is 5.69 Å². The van der Waals surface area contributed by atoms with E-state index in [2.05, 4.69) is 17.2 Å².